The Balaban J connectivity index is 2.37. The minimum absolute atomic E-state index is 0.168. The molecule has 1 heterocycles. The molecule has 3 rings (SSSR count). The number of rotatable bonds is 2. The van der Waals surface area contributed by atoms with Gasteiger partial charge in [-0.15, -0.1) is 0 Å². The average molecular weight is 345 g/mol. The number of benzene rings is 2. The number of nitrogens with two attached hydrogens (primary N) is 1. The van der Waals surface area contributed by atoms with E-state index in [4.69, 9.17) is 5.84 Å². The molecule has 0 unspecified atom stereocenters. The van der Waals surface area contributed by atoms with Crippen LogP contribution in [-0.2, 0) is 0 Å². The van der Waals surface area contributed by atoms with Crippen LogP contribution in [0.2, 0.25) is 0 Å². The normalized spacial score (nSPS) is 10.8. The Labute approximate surface area is 129 Å². The summed E-state index contributed by atoms with van der Waals surface area (Å²) in [5.74, 6) is 5.83. The number of aryl methyl sites for hydroxylation is 1. The molecule has 0 spiro atoms. The topological polar surface area (TPSA) is 72.9 Å². The zero-order valence-corrected chi connectivity index (χ0v) is 12.9. The van der Waals surface area contributed by atoms with Crippen LogP contribution in [0.3, 0.4) is 0 Å². The van der Waals surface area contributed by atoms with Crippen LogP contribution in [0.4, 0.5) is 5.95 Å². The molecule has 0 saturated carbocycles. The summed E-state index contributed by atoms with van der Waals surface area (Å²) in [5, 5.41) is 0.531. The number of nitrogen functional groups attached to an aromatic ring is 1. The van der Waals surface area contributed by atoms with Crippen LogP contribution in [0.5, 0.6) is 0 Å². The van der Waals surface area contributed by atoms with Crippen molar-refractivity contribution in [2.45, 2.75) is 6.92 Å². The van der Waals surface area contributed by atoms with Crippen molar-refractivity contribution < 1.29 is 0 Å². The maximum absolute atomic E-state index is 12.8. The van der Waals surface area contributed by atoms with Crippen molar-refractivity contribution in [2.75, 3.05) is 5.43 Å². The van der Waals surface area contributed by atoms with Gasteiger partial charge in [0.05, 0.1) is 16.6 Å². The number of hydrazine groups is 1. The third kappa shape index (κ3) is 2.43. The Morgan fingerprint density at radius 3 is 2.57 bits per heavy atom. The summed E-state index contributed by atoms with van der Waals surface area (Å²) in [6, 6.07) is 13.0. The highest BCUT2D eigenvalue weighted by atomic mass is 79.9. The van der Waals surface area contributed by atoms with Gasteiger partial charge in [-0.2, -0.15) is 0 Å². The lowest BCUT2D eigenvalue weighted by Gasteiger charge is -2.13. The highest BCUT2D eigenvalue weighted by Gasteiger charge is 2.12. The second-order valence-corrected chi connectivity index (χ2v) is 5.63. The minimum Gasteiger partial charge on any atom is -0.293 e. The molecular weight excluding hydrogens is 332 g/mol. The molecule has 0 radical (unpaired) electrons. The first-order valence-electron chi connectivity index (χ1n) is 6.36. The third-order valence-electron chi connectivity index (χ3n) is 3.25. The molecule has 0 aliphatic heterocycles. The maximum Gasteiger partial charge on any atom is 0.267 e. The predicted molar refractivity (Wildman–Crippen MR) is 87.6 cm³/mol. The average Bonchev–Trinajstić information content (AvgIpc) is 2.49. The summed E-state index contributed by atoms with van der Waals surface area (Å²) >= 11 is 3.38. The molecular formula is C15H13BrN4O. The fraction of sp³-hybridized carbons (Fsp3) is 0.0667. The quantitative estimate of drug-likeness (QED) is 0.553. The molecule has 0 saturated heterocycles. The van der Waals surface area contributed by atoms with Crippen molar-refractivity contribution in [3.05, 3.63) is 62.9 Å². The first-order chi connectivity index (χ1) is 10.1. The molecule has 0 fully saturated rings. The summed E-state index contributed by atoms with van der Waals surface area (Å²) in [6.45, 7) is 1.99. The molecule has 1 aromatic heterocycles. The van der Waals surface area contributed by atoms with Crippen molar-refractivity contribution in [2.24, 2.45) is 5.84 Å². The van der Waals surface area contributed by atoms with Crippen LogP contribution in [0.1, 0.15) is 5.56 Å². The lowest BCUT2D eigenvalue weighted by atomic mass is 10.2. The number of anilines is 1. The SMILES string of the molecule is Cc1ccc(-n2c(NN)nc3ccc(Br)cc3c2=O)cc1. The number of hydrogen-bond donors (Lipinski definition) is 2. The van der Waals surface area contributed by atoms with E-state index in [1.54, 1.807) is 12.1 Å². The van der Waals surface area contributed by atoms with E-state index in [2.05, 4.69) is 26.3 Å². The summed E-state index contributed by atoms with van der Waals surface area (Å²) in [4.78, 5) is 17.2. The van der Waals surface area contributed by atoms with Gasteiger partial charge in [0.25, 0.3) is 5.56 Å². The smallest absolute Gasteiger partial charge is 0.267 e. The van der Waals surface area contributed by atoms with Gasteiger partial charge in [0.1, 0.15) is 0 Å². The zero-order chi connectivity index (χ0) is 15.0. The number of nitrogens with zero attached hydrogens (tertiary/aromatic N) is 2. The van der Waals surface area contributed by atoms with E-state index in [0.717, 1.165) is 10.0 Å². The molecule has 0 bridgehead atoms. The van der Waals surface area contributed by atoms with Crippen molar-refractivity contribution in [1.29, 1.82) is 0 Å². The van der Waals surface area contributed by atoms with E-state index in [0.29, 0.717) is 22.5 Å². The molecule has 3 N–H and O–H groups in total. The Kier molecular flexibility index (Phi) is 3.48. The van der Waals surface area contributed by atoms with Gasteiger partial charge in [0.2, 0.25) is 5.95 Å². The van der Waals surface area contributed by atoms with Gasteiger partial charge in [-0.3, -0.25) is 10.2 Å². The molecule has 0 atom stereocenters. The fourth-order valence-electron chi connectivity index (χ4n) is 2.19. The van der Waals surface area contributed by atoms with Crippen molar-refractivity contribution in [3.8, 4) is 5.69 Å². The second-order valence-electron chi connectivity index (χ2n) is 4.72. The summed E-state index contributed by atoms with van der Waals surface area (Å²) in [6.07, 6.45) is 0. The molecule has 2 aromatic carbocycles. The highest BCUT2D eigenvalue weighted by Crippen LogP contribution is 2.19. The van der Waals surface area contributed by atoms with Crippen LogP contribution < -0.4 is 16.8 Å². The van der Waals surface area contributed by atoms with Crippen LogP contribution in [0, 0.1) is 6.92 Å². The monoisotopic (exact) mass is 344 g/mol. The van der Waals surface area contributed by atoms with Crippen LogP contribution in [0.15, 0.2) is 51.7 Å². The number of fused-ring (bicyclic) bond motifs is 1. The van der Waals surface area contributed by atoms with Gasteiger partial charge in [0.15, 0.2) is 0 Å². The van der Waals surface area contributed by atoms with Crippen LogP contribution >= 0.6 is 15.9 Å². The first-order valence-corrected chi connectivity index (χ1v) is 7.15. The number of halogens is 1. The van der Waals surface area contributed by atoms with Crippen molar-refractivity contribution in [3.63, 3.8) is 0 Å². The number of nitrogens with one attached hydrogen (secondary N) is 1. The fourth-order valence-corrected chi connectivity index (χ4v) is 2.55. The molecule has 0 aliphatic rings. The van der Waals surface area contributed by atoms with Gasteiger partial charge in [-0.05, 0) is 37.3 Å². The van der Waals surface area contributed by atoms with Crippen LogP contribution in [0.25, 0.3) is 16.6 Å². The molecule has 3 aromatic rings. The minimum atomic E-state index is -0.168. The maximum atomic E-state index is 12.8. The Bertz CT molecular complexity index is 871. The lowest BCUT2D eigenvalue weighted by molar-refractivity contribution is 0.954. The van der Waals surface area contributed by atoms with E-state index in [9.17, 15) is 4.79 Å². The number of aromatic nitrogens is 2. The molecule has 0 aliphatic carbocycles. The Morgan fingerprint density at radius 2 is 1.90 bits per heavy atom. The summed E-state index contributed by atoms with van der Waals surface area (Å²) < 4.78 is 2.30. The predicted octanol–water partition coefficient (Wildman–Crippen LogP) is 2.74. The van der Waals surface area contributed by atoms with E-state index >= 15 is 0 Å². The third-order valence-corrected chi connectivity index (χ3v) is 3.74. The zero-order valence-electron chi connectivity index (χ0n) is 11.3. The molecule has 0 amide bonds. The molecule has 5 nitrogen and oxygen atoms in total. The first kappa shape index (κ1) is 13.8. The number of hydrogen-bond acceptors (Lipinski definition) is 4. The van der Waals surface area contributed by atoms with Gasteiger partial charge in [-0.1, -0.05) is 33.6 Å². The lowest BCUT2D eigenvalue weighted by Crippen LogP contribution is -2.26. The standard InChI is InChI=1S/C15H13BrN4O/c1-9-2-5-11(6-3-9)20-14(21)12-8-10(16)4-7-13(12)18-15(20)19-17/h2-8H,17H2,1H3,(H,18,19). The molecule has 6 heteroatoms. The van der Waals surface area contributed by atoms with Gasteiger partial charge in [0, 0.05) is 4.47 Å². The van der Waals surface area contributed by atoms with Crippen molar-refractivity contribution >= 4 is 32.8 Å². The van der Waals surface area contributed by atoms with Crippen molar-refractivity contribution in [1.82, 2.24) is 9.55 Å². The molecule has 21 heavy (non-hydrogen) atoms. The van der Waals surface area contributed by atoms with E-state index in [-0.39, 0.29) is 5.56 Å². The second kappa shape index (κ2) is 5.31. The Morgan fingerprint density at radius 1 is 1.19 bits per heavy atom. The summed E-state index contributed by atoms with van der Waals surface area (Å²) in [5.41, 5.74) is 4.76. The summed E-state index contributed by atoms with van der Waals surface area (Å²) in [7, 11) is 0. The largest absolute Gasteiger partial charge is 0.293 e. The van der Waals surface area contributed by atoms with E-state index in [1.807, 2.05) is 37.3 Å². The van der Waals surface area contributed by atoms with E-state index < -0.39 is 0 Å². The highest BCUT2D eigenvalue weighted by molar-refractivity contribution is 9.10. The van der Waals surface area contributed by atoms with Gasteiger partial charge >= 0.3 is 0 Å². The molecule has 106 valence electrons. The van der Waals surface area contributed by atoms with Crippen LogP contribution in [-0.4, -0.2) is 9.55 Å². The van der Waals surface area contributed by atoms with Gasteiger partial charge in [-0.25, -0.2) is 15.4 Å². The van der Waals surface area contributed by atoms with Gasteiger partial charge < -0.3 is 0 Å². The Hall–Kier alpha value is -2.18. The van der Waals surface area contributed by atoms with E-state index in [1.165, 1.54) is 4.57 Å².